The van der Waals surface area contributed by atoms with Crippen molar-refractivity contribution in [1.29, 1.82) is 0 Å². The van der Waals surface area contributed by atoms with Crippen LogP contribution in [0.5, 0.6) is 5.75 Å². The average molecular weight is 442 g/mol. The van der Waals surface area contributed by atoms with E-state index in [0.717, 1.165) is 37.6 Å². The van der Waals surface area contributed by atoms with Gasteiger partial charge < -0.3 is 25.8 Å². The quantitative estimate of drug-likeness (QED) is 0.605. The van der Waals surface area contributed by atoms with Crippen LogP contribution in [0.15, 0.2) is 54.6 Å². The summed E-state index contributed by atoms with van der Waals surface area (Å²) in [7, 11) is 0. The van der Waals surface area contributed by atoms with Crippen molar-refractivity contribution < 1.29 is 24.2 Å². The average Bonchev–Trinajstić information content (AvgIpc) is 2.78. The summed E-state index contributed by atoms with van der Waals surface area (Å²) in [5.41, 5.74) is 7.03. The summed E-state index contributed by atoms with van der Waals surface area (Å²) in [6, 6.07) is 16.7. The van der Waals surface area contributed by atoms with Crippen molar-refractivity contribution in [3.63, 3.8) is 0 Å². The highest BCUT2D eigenvalue weighted by Gasteiger charge is 2.25. The van der Waals surface area contributed by atoms with Crippen molar-refractivity contribution in [2.75, 3.05) is 26.2 Å². The molecule has 1 atom stereocenters. The Morgan fingerprint density at radius 1 is 1.12 bits per heavy atom. The van der Waals surface area contributed by atoms with E-state index in [-0.39, 0.29) is 17.9 Å². The van der Waals surface area contributed by atoms with Gasteiger partial charge in [-0.2, -0.15) is 0 Å². The molecule has 0 aromatic heterocycles. The third-order valence-electron chi connectivity index (χ3n) is 4.77. The number of nitrogens with zero attached hydrogens (tertiary/aromatic N) is 1. The first kappa shape index (κ1) is 24.9. The number of carboxylic acids is 1. The van der Waals surface area contributed by atoms with Gasteiger partial charge in [0.05, 0.1) is 6.42 Å². The molecule has 0 spiro atoms. The second kappa shape index (κ2) is 13.1. The highest BCUT2D eigenvalue weighted by Crippen LogP contribution is 2.15. The molecule has 2 aromatic carbocycles. The molecular formula is C24H31N3O5. The second-order valence-corrected chi connectivity index (χ2v) is 7.50. The molecule has 8 nitrogen and oxygen atoms in total. The first-order valence-corrected chi connectivity index (χ1v) is 10.6. The van der Waals surface area contributed by atoms with Crippen LogP contribution in [0.4, 0.5) is 0 Å². The van der Waals surface area contributed by atoms with Gasteiger partial charge in [-0.25, -0.2) is 0 Å². The molecule has 3 rings (SSSR count). The molecule has 0 aliphatic carbocycles. The molecule has 1 aliphatic rings. The van der Waals surface area contributed by atoms with Crippen LogP contribution in [0, 0.1) is 0 Å². The van der Waals surface area contributed by atoms with E-state index in [2.05, 4.69) is 5.32 Å². The number of carbonyl (C=O) groups excluding carboxylic acids is 2. The van der Waals surface area contributed by atoms with Gasteiger partial charge in [0, 0.05) is 38.2 Å². The molecule has 2 aromatic rings. The molecule has 4 N–H and O–H groups in total. The standard InChI is InChI=1S/C22H27N3O3.C2H4O2/c23-12-14-28-20-10-8-17(9-11-20)15-21(26)24-19-7-4-13-25(16-19)22(27)18-5-2-1-3-6-18;1-2(3)4/h1-3,5-6,8-11,19H,4,7,12-16,23H2,(H,24,26);1H3,(H,3,4). The van der Waals surface area contributed by atoms with Crippen LogP contribution < -0.4 is 15.8 Å². The van der Waals surface area contributed by atoms with Gasteiger partial charge in [0.25, 0.3) is 11.9 Å². The molecule has 1 aliphatic heterocycles. The van der Waals surface area contributed by atoms with Gasteiger partial charge >= 0.3 is 0 Å². The van der Waals surface area contributed by atoms with Gasteiger partial charge in [0.1, 0.15) is 12.4 Å². The van der Waals surface area contributed by atoms with E-state index in [0.29, 0.717) is 31.7 Å². The van der Waals surface area contributed by atoms with Crippen LogP contribution in [-0.4, -0.2) is 60.1 Å². The number of hydrogen-bond donors (Lipinski definition) is 3. The number of aliphatic carboxylic acids is 1. The van der Waals surface area contributed by atoms with E-state index in [4.69, 9.17) is 20.4 Å². The van der Waals surface area contributed by atoms with E-state index in [1.54, 1.807) is 0 Å². The Labute approximate surface area is 188 Å². The lowest BCUT2D eigenvalue weighted by molar-refractivity contribution is -0.134. The monoisotopic (exact) mass is 441 g/mol. The number of nitrogens with one attached hydrogen (secondary N) is 1. The summed E-state index contributed by atoms with van der Waals surface area (Å²) in [6.45, 7) is 3.30. The molecule has 172 valence electrons. The van der Waals surface area contributed by atoms with Crippen LogP contribution >= 0.6 is 0 Å². The van der Waals surface area contributed by atoms with E-state index in [1.165, 1.54) is 0 Å². The molecule has 2 amide bonds. The Morgan fingerprint density at radius 3 is 2.41 bits per heavy atom. The molecule has 0 radical (unpaired) electrons. The maximum absolute atomic E-state index is 12.6. The van der Waals surface area contributed by atoms with Crippen LogP contribution in [0.2, 0.25) is 0 Å². The van der Waals surface area contributed by atoms with Crippen molar-refractivity contribution >= 4 is 17.8 Å². The summed E-state index contributed by atoms with van der Waals surface area (Å²) in [5, 5.41) is 10.5. The van der Waals surface area contributed by atoms with Gasteiger partial charge in [-0.3, -0.25) is 14.4 Å². The number of rotatable bonds is 7. The van der Waals surface area contributed by atoms with Gasteiger partial charge in [0.15, 0.2) is 0 Å². The van der Waals surface area contributed by atoms with Crippen molar-refractivity contribution in [3.05, 3.63) is 65.7 Å². The normalized spacial score (nSPS) is 15.2. The first-order chi connectivity index (χ1) is 15.4. The van der Waals surface area contributed by atoms with E-state index in [1.807, 2.05) is 59.5 Å². The summed E-state index contributed by atoms with van der Waals surface area (Å²) < 4.78 is 5.44. The minimum absolute atomic E-state index is 0.0129. The Bertz CT molecular complexity index is 867. The fourth-order valence-corrected chi connectivity index (χ4v) is 3.39. The number of hydrogen-bond acceptors (Lipinski definition) is 5. The third kappa shape index (κ3) is 8.77. The SMILES string of the molecule is CC(=O)O.NCCOc1ccc(CC(=O)NC2CCCN(C(=O)c3ccccc3)C2)cc1. The van der Waals surface area contributed by atoms with Crippen LogP contribution in [0.25, 0.3) is 0 Å². The van der Waals surface area contributed by atoms with Gasteiger partial charge in [-0.15, -0.1) is 0 Å². The zero-order valence-electron chi connectivity index (χ0n) is 18.3. The molecule has 1 fully saturated rings. The summed E-state index contributed by atoms with van der Waals surface area (Å²) in [4.78, 5) is 35.9. The maximum atomic E-state index is 12.6. The highest BCUT2D eigenvalue weighted by atomic mass is 16.5. The predicted octanol–water partition coefficient (Wildman–Crippen LogP) is 2.08. The maximum Gasteiger partial charge on any atom is 0.300 e. The van der Waals surface area contributed by atoms with Crippen LogP contribution in [0.1, 0.15) is 35.7 Å². The largest absolute Gasteiger partial charge is 0.492 e. The van der Waals surface area contributed by atoms with E-state index >= 15 is 0 Å². The van der Waals surface area contributed by atoms with Gasteiger partial charge in [-0.1, -0.05) is 30.3 Å². The first-order valence-electron chi connectivity index (χ1n) is 10.6. The number of carbonyl (C=O) groups is 3. The summed E-state index contributed by atoms with van der Waals surface area (Å²) in [5.74, 6) is -0.0980. The Kier molecular flexibility index (Phi) is 10.2. The lowest BCUT2D eigenvalue weighted by atomic mass is 10.0. The van der Waals surface area contributed by atoms with E-state index < -0.39 is 5.97 Å². The Balaban J connectivity index is 0.000000837. The fraction of sp³-hybridized carbons (Fsp3) is 0.375. The minimum Gasteiger partial charge on any atom is -0.492 e. The predicted molar refractivity (Wildman–Crippen MR) is 122 cm³/mol. The fourth-order valence-electron chi connectivity index (χ4n) is 3.39. The molecule has 32 heavy (non-hydrogen) atoms. The summed E-state index contributed by atoms with van der Waals surface area (Å²) >= 11 is 0. The molecule has 1 saturated heterocycles. The number of piperidine rings is 1. The van der Waals surface area contributed by atoms with Crippen molar-refractivity contribution in [2.24, 2.45) is 5.73 Å². The highest BCUT2D eigenvalue weighted by molar-refractivity contribution is 5.94. The van der Waals surface area contributed by atoms with Crippen molar-refractivity contribution in [2.45, 2.75) is 32.2 Å². The molecule has 0 saturated carbocycles. The number of carboxylic acid groups (broad SMARTS) is 1. The molecule has 8 heteroatoms. The van der Waals surface area contributed by atoms with Crippen LogP contribution in [0.3, 0.4) is 0 Å². The van der Waals surface area contributed by atoms with Crippen molar-refractivity contribution in [1.82, 2.24) is 10.2 Å². The zero-order chi connectivity index (χ0) is 23.3. The number of amides is 2. The Hall–Kier alpha value is -3.39. The van der Waals surface area contributed by atoms with Crippen molar-refractivity contribution in [3.8, 4) is 5.75 Å². The lowest BCUT2D eigenvalue weighted by Gasteiger charge is -2.33. The molecule has 1 unspecified atom stereocenters. The van der Waals surface area contributed by atoms with Gasteiger partial charge in [0.2, 0.25) is 5.91 Å². The molecule has 1 heterocycles. The summed E-state index contributed by atoms with van der Waals surface area (Å²) in [6.07, 6.45) is 2.08. The number of ether oxygens (including phenoxy) is 1. The van der Waals surface area contributed by atoms with E-state index in [9.17, 15) is 9.59 Å². The topological polar surface area (TPSA) is 122 Å². The molecule has 0 bridgehead atoms. The lowest BCUT2D eigenvalue weighted by Crippen LogP contribution is -2.49. The zero-order valence-corrected chi connectivity index (χ0v) is 18.3. The minimum atomic E-state index is -0.833. The number of nitrogens with two attached hydrogens (primary N) is 1. The molecular weight excluding hydrogens is 410 g/mol. The number of likely N-dealkylation sites (tertiary alicyclic amines) is 1. The Morgan fingerprint density at radius 2 is 1.78 bits per heavy atom. The second-order valence-electron chi connectivity index (χ2n) is 7.50. The van der Waals surface area contributed by atoms with Crippen LogP contribution in [-0.2, 0) is 16.0 Å². The smallest absolute Gasteiger partial charge is 0.300 e. The third-order valence-corrected chi connectivity index (χ3v) is 4.77. The number of benzene rings is 2. The van der Waals surface area contributed by atoms with Gasteiger partial charge in [-0.05, 0) is 42.7 Å².